The summed E-state index contributed by atoms with van der Waals surface area (Å²) in [5, 5.41) is 5.58. The summed E-state index contributed by atoms with van der Waals surface area (Å²) in [6.45, 7) is 3.73. The summed E-state index contributed by atoms with van der Waals surface area (Å²) in [5.41, 5.74) is 2.77. The molecule has 2 rings (SSSR count). The highest BCUT2D eigenvalue weighted by Gasteiger charge is 2.12. The van der Waals surface area contributed by atoms with Crippen LogP contribution in [0, 0.1) is 6.92 Å². The lowest BCUT2D eigenvalue weighted by atomic mass is 10.1. The van der Waals surface area contributed by atoms with Gasteiger partial charge < -0.3 is 10.6 Å². The predicted octanol–water partition coefficient (Wildman–Crippen LogP) is 3.60. The van der Waals surface area contributed by atoms with Crippen molar-refractivity contribution < 1.29 is 9.59 Å². The standard InChI is InChI=1S/C17H18N2O2/c1-3-16(20)19-15-10-5-4-9-14(15)17(21)18-13-8-6-7-12(2)11-13/h4-11H,3H2,1-2H3,(H,18,21)(H,19,20). The Morgan fingerprint density at radius 3 is 2.48 bits per heavy atom. The molecule has 0 radical (unpaired) electrons. The molecule has 0 heterocycles. The van der Waals surface area contributed by atoms with Gasteiger partial charge in [-0.3, -0.25) is 9.59 Å². The van der Waals surface area contributed by atoms with E-state index in [0.29, 0.717) is 17.7 Å². The molecule has 0 atom stereocenters. The molecule has 108 valence electrons. The van der Waals surface area contributed by atoms with Crippen molar-refractivity contribution in [3.8, 4) is 0 Å². The molecule has 2 N–H and O–H groups in total. The Labute approximate surface area is 124 Å². The highest BCUT2D eigenvalue weighted by molar-refractivity contribution is 6.10. The summed E-state index contributed by atoms with van der Waals surface area (Å²) in [7, 11) is 0. The van der Waals surface area contributed by atoms with Crippen molar-refractivity contribution in [3.63, 3.8) is 0 Å². The maximum atomic E-state index is 12.4. The predicted molar refractivity (Wildman–Crippen MR) is 84.5 cm³/mol. The van der Waals surface area contributed by atoms with Gasteiger partial charge in [0.2, 0.25) is 5.91 Å². The highest BCUT2D eigenvalue weighted by Crippen LogP contribution is 2.18. The van der Waals surface area contributed by atoms with Gasteiger partial charge in [-0.2, -0.15) is 0 Å². The van der Waals surface area contributed by atoms with Crippen molar-refractivity contribution in [2.24, 2.45) is 0 Å². The monoisotopic (exact) mass is 282 g/mol. The van der Waals surface area contributed by atoms with E-state index in [2.05, 4.69) is 10.6 Å². The van der Waals surface area contributed by atoms with Gasteiger partial charge in [0, 0.05) is 12.1 Å². The van der Waals surface area contributed by atoms with Gasteiger partial charge in [-0.05, 0) is 36.8 Å². The van der Waals surface area contributed by atoms with Gasteiger partial charge >= 0.3 is 0 Å². The number of aryl methyl sites for hydroxylation is 1. The number of hydrogen-bond donors (Lipinski definition) is 2. The molecule has 0 aliphatic rings. The lowest BCUT2D eigenvalue weighted by molar-refractivity contribution is -0.115. The largest absolute Gasteiger partial charge is 0.325 e. The van der Waals surface area contributed by atoms with Crippen LogP contribution in [0.4, 0.5) is 11.4 Å². The van der Waals surface area contributed by atoms with Crippen LogP contribution in [0.25, 0.3) is 0 Å². The first kappa shape index (κ1) is 14.8. The molecule has 0 saturated heterocycles. The maximum absolute atomic E-state index is 12.4. The van der Waals surface area contributed by atoms with Crippen LogP contribution in [0.3, 0.4) is 0 Å². The Morgan fingerprint density at radius 1 is 1.00 bits per heavy atom. The Bertz CT molecular complexity index is 665. The number of para-hydroxylation sites is 1. The molecule has 0 saturated carbocycles. The third kappa shape index (κ3) is 3.92. The normalized spacial score (nSPS) is 10.0. The van der Waals surface area contributed by atoms with Crippen LogP contribution in [-0.4, -0.2) is 11.8 Å². The van der Waals surface area contributed by atoms with E-state index in [4.69, 9.17) is 0 Å². The van der Waals surface area contributed by atoms with Crippen LogP contribution in [0.1, 0.15) is 29.3 Å². The molecule has 0 unspecified atom stereocenters. The number of nitrogens with one attached hydrogen (secondary N) is 2. The van der Waals surface area contributed by atoms with E-state index in [1.807, 2.05) is 31.2 Å². The van der Waals surface area contributed by atoms with Gasteiger partial charge in [0.05, 0.1) is 11.3 Å². The van der Waals surface area contributed by atoms with Crippen molar-refractivity contribution in [2.75, 3.05) is 10.6 Å². The molecular weight excluding hydrogens is 264 g/mol. The molecule has 0 spiro atoms. The number of rotatable bonds is 4. The van der Waals surface area contributed by atoms with E-state index in [9.17, 15) is 9.59 Å². The molecule has 4 nitrogen and oxygen atoms in total. The Balaban J connectivity index is 2.21. The number of anilines is 2. The average Bonchev–Trinajstić information content (AvgIpc) is 2.47. The Morgan fingerprint density at radius 2 is 1.76 bits per heavy atom. The first-order valence-electron chi connectivity index (χ1n) is 6.87. The molecule has 0 bridgehead atoms. The van der Waals surface area contributed by atoms with Gasteiger partial charge in [-0.15, -0.1) is 0 Å². The molecule has 21 heavy (non-hydrogen) atoms. The van der Waals surface area contributed by atoms with Crippen molar-refractivity contribution in [1.29, 1.82) is 0 Å². The summed E-state index contributed by atoms with van der Waals surface area (Å²) in [6.07, 6.45) is 0.369. The van der Waals surface area contributed by atoms with Crippen molar-refractivity contribution in [1.82, 2.24) is 0 Å². The fourth-order valence-electron chi connectivity index (χ4n) is 1.95. The lowest BCUT2D eigenvalue weighted by Crippen LogP contribution is -2.17. The topological polar surface area (TPSA) is 58.2 Å². The zero-order valence-corrected chi connectivity index (χ0v) is 12.1. The van der Waals surface area contributed by atoms with Gasteiger partial charge in [0.15, 0.2) is 0 Å². The zero-order chi connectivity index (χ0) is 15.2. The van der Waals surface area contributed by atoms with E-state index in [1.54, 1.807) is 31.2 Å². The summed E-state index contributed by atoms with van der Waals surface area (Å²) in [6, 6.07) is 14.5. The van der Waals surface area contributed by atoms with Crippen LogP contribution in [0.2, 0.25) is 0 Å². The lowest BCUT2D eigenvalue weighted by Gasteiger charge is -2.11. The van der Waals surface area contributed by atoms with E-state index in [0.717, 1.165) is 11.3 Å². The van der Waals surface area contributed by atoms with Gasteiger partial charge in [0.1, 0.15) is 0 Å². The number of amides is 2. The van der Waals surface area contributed by atoms with Crippen LogP contribution in [0.5, 0.6) is 0 Å². The zero-order valence-electron chi connectivity index (χ0n) is 12.1. The summed E-state index contributed by atoms with van der Waals surface area (Å²) in [5.74, 6) is -0.363. The second-order valence-electron chi connectivity index (χ2n) is 4.77. The minimum Gasteiger partial charge on any atom is -0.325 e. The van der Waals surface area contributed by atoms with Crippen LogP contribution in [0.15, 0.2) is 48.5 Å². The van der Waals surface area contributed by atoms with Crippen molar-refractivity contribution in [3.05, 3.63) is 59.7 Å². The quantitative estimate of drug-likeness (QED) is 0.900. The van der Waals surface area contributed by atoms with E-state index in [1.165, 1.54) is 0 Å². The third-order valence-electron chi connectivity index (χ3n) is 3.04. The van der Waals surface area contributed by atoms with Crippen molar-refractivity contribution >= 4 is 23.2 Å². The molecule has 0 aromatic heterocycles. The number of carbonyl (C=O) groups is 2. The van der Waals surface area contributed by atoms with E-state index in [-0.39, 0.29) is 11.8 Å². The van der Waals surface area contributed by atoms with Crippen molar-refractivity contribution in [2.45, 2.75) is 20.3 Å². The van der Waals surface area contributed by atoms with E-state index < -0.39 is 0 Å². The molecule has 2 aromatic rings. The first-order chi connectivity index (χ1) is 10.1. The fraction of sp³-hybridized carbons (Fsp3) is 0.176. The molecule has 2 aromatic carbocycles. The SMILES string of the molecule is CCC(=O)Nc1ccccc1C(=O)Nc1cccc(C)c1. The minimum absolute atomic E-state index is 0.120. The number of hydrogen-bond acceptors (Lipinski definition) is 2. The fourth-order valence-corrected chi connectivity index (χ4v) is 1.95. The summed E-state index contributed by atoms with van der Waals surface area (Å²) < 4.78 is 0. The number of carbonyl (C=O) groups excluding carboxylic acids is 2. The average molecular weight is 282 g/mol. The van der Waals surface area contributed by atoms with Crippen LogP contribution in [-0.2, 0) is 4.79 Å². The molecule has 0 aliphatic carbocycles. The van der Waals surface area contributed by atoms with Gasteiger partial charge in [-0.1, -0.05) is 31.2 Å². The van der Waals surface area contributed by atoms with Crippen LogP contribution >= 0.6 is 0 Å². The molecule has 2 amide bonds. The maximum Gasteiger partial charge on any atom is 0.257 e. The van der Waals surface area contributed by atoms with Gasteiger partial charge in [-0.25, -0.2) is 0 Å². The third-order valence-corrected chi connectivity index (χ3v) is 3.04. The second-order valence-corrected chi connectivity index (χ2v) is 4.77. The first-order valence-corrected chi connectivity index (χ1v) is 6.87. The smallest absolute Gasteiger partial charge is 0.257 e. The molecule has 4 heteroatoms. The minimum atomic E-state index is -0.243. The Kier molecular flexibility index (Phi) is 4.72. The second kappa shape index (κ2) is 6.70. The number of benzene rings is 2. The molecule has 0 aliphatic heterocycles. The highest BCUT2D eigenvalue weighted by atomic mass is 16.2. The van der Waals surface area contributed by atoms with E-state index >= 15 is 0 Å². The molecular formula is C17H18N2O2. The Hall–Kier alpha value is -2.62. The van der Waals surface area contributed by atoms with Gasteiger partial charge in [0.25, 0.3) is 5.91 Å². The summed E-state index contributed by atoms with van der Waals surface area (Å²) >= 11 is 0. The molecule has 0 fully saturated rings. The summed E-state index contributed by atoms with van der Waals surface area (Å²) in [4.78, 5) is 23.9. The van der Waals surface area contributed by atoms with Crippen LogP contribution < -0.4 is 10.6 Å².